The summed E-state index contributed by atoms with van der Waals surface area (Å²) < 4.78 is 14.3. The Hall–Kier alpha value is -0.940. The van der Waals surface area contributed by atoms with Crippen molar-refractivity contribution in [2.45, 2.75) is 13.0 Å². The van der Waals surface area contributed by atoms with Crippen molar-refractivity contribution in [1.29, 1.82) is 0 Å². The number of nitrogens with zero attached hydrogens (tertiary/aromatic N) is 1. The van der Waals surface area contributed by atoms with E-state index in [0.29, 0.717) is 10.0 Å². The Balaban J connectivity index is 2.87. The number of carbonyl (C=O) groups is 1. The number of likely N-dealkylation sites (N-methyl/N-ethyl adjacent to an activating group) is 1. The third-order valence-electron chi connectivity index (χ3n) is 2.46. The van der Waals surface area contributed by atoms with Gasteiger partial charge < -0.3 is 5.11 Å². The number of hydrogen-bond acceptors (Lipinski definition) is 2. The van der Waals surface area contributed by atoms with Crippen LogP contribution < -0.4 is 0 Å². The number of carboxylic acid groups (broad SMARTS) is 1. The van der Waals surface area contributed by atoms with Crippen LogP contribution in [0.5, 0.6) is 0 Å². The van der Waals surface area contributed by atoms with Crippen LogP contribution in [-0.4, -0.2) is 29.6 Å². The van der Waals surface area contributed by atoms with Crippen molar-refractivity contribution in [3.05, 3.63) is 34.1 Å². The van der Waals surface area contributed by atoms with E-state index in [1.165, 1.54) is 6.07 Å². The molecule has 1 aromatic rings. The third kappa shape index (κ3) is 3.28. The van der Waals surface area contributed by atoms with E-state index in [9.17, 15) is 9.18 Å². The first-order valence-electron chi connectivity index (χ1n) is 4.78. The Bertz CT molecular complexity index is 398. The van der Waals surface area contributed by atoms with E-state index >= 15 is 0 Å². The van der Waals surface area contributed by atoms with Crippen LogP contribution in [0, 0.1) is 5.82 Å². The van der Waals surface area contributed by atoms with Gasteiger partial charge in [0, 0.05) is 16.1 Å². The average Bonchev–Trinajstić information content (AvgIpc) is 2.15. The first-order chi connectivity index (χ1) is 7.41. The maximum Gasteiger partial charge on any atom is 0.317 e. The molecule has 88 valence electrons. The molecular weight excluding hydrogens is 277 g/mol. The zero-order chi connectivity index (χ0) is 12.3. The number of benzene rings is 1. The molecule has 0 amide bonds. The summed E-state index contributed by atoms with van der Waals surface area (Å²) >= 11 is 3.18. The van der Waals surface area contributed by atoms with Crippen molar-refractivity contribution in [3.63, 3.8) is 0 Å². The Morgan fingerprint density at radius 2 is 2.25 bits per heavy atom. The van der Waals surface area contributed by atoms with Crippen LogP contribution in [0.3, 0.4) is 0 Å². The molecule has 0 fully saturated rings. The highest BCUT2D eigenvalue weighted by Crippen LogP contribution is 2.24. The smallest absolute Gasteiger partial charge is 0.317 e. The number of aliphatic carboxylic acids is 1. The molecule has 1 N–H and O–H groups in total. The van der Waals surface area contributed by atoms with Crippen molar-refractivity contribution < 1.29 is 14.3 Å². The van der Waals surface area contributed by atoms with Gasteiger partial charge in [0.05, 0.1) is 6.54 Å². The van der Waals surface area contributed by atoms with E-state index in [1.54, 1.807) is 31.0 Å². The van der Waals surface area contributed by atoms with Gasteiger partial charge in [0.2, 0.25) is 0 Å². The molecule has 0 radical (unpaired) electrons. The molecule has 0 aliphatic rings. The van der Waals surface area contributed by atoms with Crippen molar-refractivity contribution >= 4 is 21.9 Å². The summed E-state index contributed by atoms with van der Waals surface area (Å²) in [6.45, 7) is 1.66. The molecule has 1 aromatic carbocycles. The van der Waals surface area contributed by atoms with Crippen LogP contribution >= 0.6 is 15.9 Å². The quantitative estimate of drug-likeness (QED) is 0.926. The number of halogens is 2. The lowest BCUT2D eigenvalue weighted by atomic mass is 10.1. The minimum Gasteiger partial charge on any atom is -0.480 e. The molecule has 0 heterocycles. The minimum absolute atomic E-state index is 0.114. The van der Waals surface area contributed by atoms with Gasteiger partial charge in [-0.1, -0.05) is 22.0 Å². The summed E-state index contributed by atoms with van der Waals surface area (Å²) in [6.07, 6.45) is 0. The van der Waals surface area contributed by atoms with Crippen LogP contribution in [0.4, 0.5) is 4.39 Å². The van der Waals surface area contributed by atoms with E-state index < -0.39 is 5.97 Å². The van der Waals surface area contributed by atoms with Gasteiger partial charge in [-0.25, -0.2) is 4.39 Å². The predicted octanol–water partition coefficient (Wildman–Crippen LogP) is 2.67. The van der Waals surface area contributed by atoms with Gasteiger partial charge in [0.25, 0.3) is 0 Å². The van der Waals surface area contributed by atoms with Crippen molar-refractivity contribution in [2.24, 2.45) is 0 Å². The second-order valence-electron chi connectivity index (χ2n) is 3.65. The molecule has 0 spiro atoms. The average molecular weight is 290 g/mol. The summed E-state index contributed by atoms with van der Waals surface area (Å²) in [6, 6.07) is 4.50. The molecular formula is C11H13BrFNO2. The summed E-state index contributed by atoms with van der Waals surface area (Å²) in [4.78, 5) is 12.1. The topological polar surface area (TPSA) is 40.5 Å². The van der Waals surface area contributed by atoms with Crippen LogP contribution in [0.1, 0.15) is 18.5 Å². The molecule has 5 heteroatoms. The molecule has 1 atom stereocenters. The van der Waals surface area contributed by atoms with Gasteiger partial charge in [-0.15, -0.1) is 0 Å². The fourth-order valence-electron chi connectivity index (χ4n) is 1.43. The van der Waals surface area contributed by atoms with E-state index in [2.05, 4.69) is 15.9 Å². The number of hydrogen-bond donors (Lipinski definition) is 1. The second kappa shape index (κ2) is 5.41. The normalized spacial score (nSPS) is 12.8. The molecule has 0 aliphatic carbocycles. The summed E-state index contributed by atoms with van der Waals surface area (Å²) in [5.41, 5.74) is 0.493. The minimum atomic E-state index is -0.924. The van der Waals surface area contributed by atoms with Gasteiger partial charge in [-0.2, -0.15) is 0 Å². The van der Waals surface area contributed by atoms with Crippen LogP contribution in [-0.2, 0) is 4.79 Å². The van der Waals surface area contributed by atoms with Crippen molar-refractivity contribution in [2.75, 3.05) is 13.6 Å². The zero-order valence-corrected chi connectivity index (χ0v) is 10.7. The SMILES string of the molecule is CC(c1ccc(Br)cc1F)N(C)CC(=O)O. The molecule has 1 rings (SSSR count). The molecule has 0 saturated carbocycles. The first-order valence-corrected chi connectivity index (χ1v) is 5.58. The van der Waals surface area contributed by atoms with Crippen LogP contribution in [0.2, 0.25) is 0 Å². The Labute approximate surface area is 102 Å². The lowest BCUT2D eigenvalue weighted by Crippen LogP contribution is -2.28. The summed E-state index contributed by atoms with van der Waals surface area (Å²) in [5.74, 6) is -1.26. The zero-order valence-electron chi connectivity index (χ0n) is 9.08. The lowest BCUT2D eigenvalue weighted by Gasteiger charge is -2.23. The highest BCUT2D eigenvalue weighted by Gasteiger charge is 2.17. The van der Waals surface area contributed by atoms with Crippen molar-refractivity contribution in [1.82, 2.24) is 4.90 Å². The standard InChI is InChI=1S/C11H13BrFNO2/c1-7(14(2)6-11(15)16)9-4-3-8(12)5-10(9)13/h3-5,7H,6H2,1-2H3,(H,15,16). The predicted molar refractivity (Wildman–Crippen MR) is 62.8 cm³/mol. The number of rotatable bonds is 4. The van der Waals surface area contributed by atoms with Gasteiger partial charge in [-0.05, 0) is 26.1 Å². The molecule has 16 heavy (non-hydrogen) atoms. The van der Waals surface area contributed by atoms with E-state index in [1.807, 2.05) is 0 Å². The first kappa shape index (κ1) is 13.1. The van der Waals surface area contributed by atoms with Gasteiger partial charge in [0.15, 0.2) is 0 Å². The Morgan fingerprint density at radius 3 is 2.75 bits per heavy atom. The van der Waals surface area contributed by atoms with Crippen LogP contribution in [0.25, 0.3) is 0 Å². The number of carboxylic acids is 1. The highest BCUT2D eigenvalue weighted by molar-refractivity contribution is 9.10. The van der Waals surface area contributed by atoms with Crippen molar-refractivity contribution in [3.8, 4) is 0 Å². The summed E-state index contributed by atoms with van der Waals surface area (Å²) in [5, 5.41) is 8.65. The molecule has 3 nitrogen and oxygen atoms in total. The lowest BCUT2D eigenvalue weighted by molar-refractivity contribution is -0.138. The largest absolute Gasteiger partial charge is 0.480 e. The maximum absolute atomic E-state index is 13.6. The Morgan fingerprint density at radius 1 is 1.62 bits per heavy atom. The van der Waals surface area contributed by atoms with Gasteiger partial charge >= 0.3 is 5.97 Å². The Kier molecular flexibility index (Phi) is 4.44. The van der Waals surface area contributed by atoms with E-state index in [-0.39, 0.29) is 18.4 Å². The van der Waals surface area contributed by atoms with Crippen LogP contribution in [0.15, 0.2) is 22.7 Å². The monoisotopic (exact) mass is 289 g/mol. The van der Waals surface area contributed by atoms with Gasteiger partial charge in [-0.3, -0.25) is 9.69 Å². The second-order valence-corrected chi connectivity index (χ2v) is 4.57. The maximum atomic E-state index is 13.6. The molecule has 0 bridgehead atoms. The molecule has 1 unspecified atom stereocenters. The fourth-order valence-corrected chi connectivity index (χ4v) is 1.76. The molecule has 0 saturated heterocycles. The summed E-state index contributed by atoms with van der Waals surface area (Å²) in [7, 11) is 1.65. The molecule has 0 aliphatic heterocycles. The molecule has 0 aromatic heterocycles. The third-order valence-corrected chi connectivity index (χ3v) is 2.95. The highest BCUT2D eigenvalue weighted by atomic mass is 79.9. The van der Waals surface area contributed by atoms with Gasteiger partial charge in [0.1, 0.15) is 5.82 Å². The van der Waals surface area contributed by atoms with E-state index in [0.717, 1.165) is 0 Å². The van der Waals surface area contributed by atoms with E-state index in [4.69, 9.17) is 5.11 Å². The fraction of sp³-hybridized carbons (Fsp3) is 0.364.